The first-order valence-electron chi connectivity index (χ1n) is 8.05. The zero-order valence-corrected chi connectivity index (χ0v) is 15.3. The lowest BCUT2D eigenvalue weighted by Crippen LogP contribution is -2.27. The van der Waals surface area contributed by atoms with E-state index in [1.54, 1.807) is 23.9 Å². The molecule has 0 saturated heterocycles. The molecule has 1 aromatic carbocycles. The van der Waals surface area contributed by atoms with E-state index in [2.05, 4.69) is 20.5 Å². The number of rotatable bonds is 6. The van der Waals surface area contributed by atoms with Crippen LogP contribution in [0, 0.1) is 11.7 Å². The summed E-state index contributed by atoms with van der Waals surface area (Å²) >= 11 is 5.27. The molecule has 0 unspecified atom stereocenters. The fourth-order valence-electron chi connectivity index (χ4n) is 2.52. The van der Waals surface area contributed by atoms with E-state index in [4.69, 9.17) is 17.0 Å². The van der Waals surface area contributed by atoms with Crippen molar-refractivity contribution >= 4 is 18.1 Å². The number of nitrogens with zero attached hydrogens (tertiary/aromatic N) is 3. The fourth-order valence-corrected chi connectivity index (χ4v) is 2.72. The number of aromatic nitrogens is 4. The second kappa shape index (κ2) is 7.92. The van der Waals surface area contributed by atoms with Crippen LogP contribution in [0.3, 0.4) is 0 Å². The standard InChI is InChI=1S/C18H19N5O2S/c1-12-5-7-13(8-6-12)16-21-22-18(26)23(16)11-15(24)20-10-14-4-3-9-19-17(14)25-2/h3-9H,10-11H2,1-2H3,(H,20,24)(H,22,26). The second-order valence-electron chi connectivity index (χ2n) is 5.75. The molecule has 1 amide bonds. The van der Waals surface area contributed by atoms with Gasteiger partial charge < -0.3 is 10.1 Å². The Labute approximate surface area is 156 Å². The van der Waals surface area contributed by atoms with Gasteiger partial charge in [0, 0.05) is 23.9 Å². The van der Waals surface area contributed by atoms with Crippen molar-refractivity contribution in [2.75, 3.05) is 7.11 Å². The zero-order chi connectivity index (χ0) is 18.5. The van der Waals surface area contributed by atoms with Gasteiger partial charge in [-0.2, -0.15) is 5.10 Å². The summed E-state index contributed by atoms with van der Waals surface area (Å²) in [5, 5.41) is 9.86. The minimum Gasteiger partial charge on any atom is -0.481 e. The SMILES string of the molecule is COc1ncccc1CNC(=O)Cn1c(-c2ccc(C)cc2)n[nH]c1=S. The Morgan fingerprint density at radius 3 is 2.81 bits per heavy atom. The van der Waals surface area contributed by atoms with E-state index in [9.17, 15) is 4.79 Å². The number of carbonyl (C=O) groups is 1. The highest BCUT2D eigenvalue weighted by Crippen LogP contribution is 2.18. The van der Waals surface area contributed by atoms with Crippen LogP contribution >= 0.6 is 12.2 Å². The number of amides is 1. The summed E-state index contributed by atoms with van der Waals surface area (Å²) in [6.45, 7) is 2.41. The van der Waals surface area contributed by atoms with Gasteiger partial charge in [0.15, 0.2) is 10.6 Å². The van der Waals surface area contributed by atoms with Gasteiger partial charge in [-0.1, -0.05) is 35.9 Å². The van der Waals surface area contributed by atoms with Gasteiger partial charge in [0.2, 0.25) is 11.8 Å². The van der Waals surface area contributed by atoms with Crippen LogP contribution in [0.25, 0.3) is 11.4 Å². The van der Waals surface area contributed by atoms with Crippen LogP contribution in [-0.4, -0.2) is 32.8 Å². The number of pyridine rings is 1. The van der Waals surface area contributed by atoms with Gasteiger partial charge in [-0.3, -0.25) is 14.5 Å². The number of aromatic amines is 1. The molecule has 134 valence electrons. The molecule has 26 heavy (non-hydrogen) atoms. The summed E-state index contributed by atoms with van der Waals surface area (Å²) in [6, 6.07) is 11.5. The molecule has 0 saturated carbocycles. The lowest BCUT2D eigenvalue weighted by molar-refractivity contribution is -0.121. The van der Waals surface area contributed by atoms with Gasteiger partial charge in [-0.05, 0) is 25.2 Å². The first-order valence-corrected chi connectivity index (χ1v) is 8.46. The van der Waals surface area contributed by atoms with Crippen molar-refractivity contribution in [1.82, 2.24) is 25.1 Å². The maximum absolute atomic E-state index is 12.4. The predicted molar refractivity (Wildman–Crippen MR) is 100 cm³/mol. The molecule has 0 aliphatic rings. The van der Waals surface area contributed by atoms with Crippen molar-refractivity contribution in [2.24, 2.45) is 0 Å². The van der Waals surface area contributed by atoms with Crippen LogP contribution in [0.15, 0.2) is 42.6 Å². The molecular formula is C18H19N5O2S. The second-order valence-corrected chi connectivity index (χ2v) is 6.14. The van der Waals surface area contributed by atoms with Gasteiger partial charge in [0.05, 0.1) is 7.11 Å². The highest BCUT2D eigenvalue weighted by atomic mass is 32.1. The quantitative estimate of drug-likeness (QED) is 0.653. The van der Waals surface area contributed by atoms with E-state index < -0.39 is 0 Å². The van der Waals surface area contributed by atoms with Gasteiger partial charge in [-0.25, -0.2) is 4.98 Å². The molecule has 0 spiro atoms. The zero-order valence-electron chi connectivity index (χ0n) is 14.5. The van der Waals surface area contributed by atoms with E-state index >= 15 is 0 Å². The highest BCUT2D eigenvalue weighted by Gasteiger charge is 2.13. The molecule has 0 aliphatic carbocycles. The summed E-state index contributed by atoms with van der Waals surface area (Å²) < 4.78 is 7.26. The summed E-state index contributed by atoms with van der Waals surface area (Å²) in [4.78, 5) is 16.5. The van der Waals surface area contributed by atoms with Crippen LogP contribution in [0.5, 0.6) is 5.88 Å². The molecule has 3 rings (SSSR count). The highest BCUT2D eigenvalue weighted by molar-refractivity contribution is 7.71. The predicted octanol–water partition coefficient (Wildman–Crippen LogP) is 2.64. The van der Waals surface area contributed by atoms with E-state index in [1.165, 1.54) is 0 Å². The summed E-state index contributed by atoms with van der Waals surface area (Å²) in [7, 11) is 1.55. The maximum Gasteiger partial charge on any atom is 0.240 e. The van der Waals surface area contributed by atoms with Crippen molar-refractivity contribution in [2.45, 2.75) is 20.0 Å². The van der Waals surface area contributed by atoms with Crippen LogP contribution in [0.1, 0.15) is 11.1 Å². The first-order chi connectivity index (χ1) is 12.6. The summed E-state index contributed by atoms with van der Waals surface area (Å²) in [6.07, 6.45) is 1.64. The van der Waals surface area contributed by atoms with Crippen LogP contribution in [-0.2, 0) is 17.9 Å². The third-order valence-corrected chi connectivity index (χ3v) is 4.20. The molecule has 2 aromatic heterocycles. The van der Waals surface area contributed by atoms with Crippen molar-refractivity contribution in [1.29, 1.82) is 0 Å². The van der Waals surface area contributed by atoms with E-state index in [1.807, 2.05) is 37.3 Å². The third kappa shape index (κ3) is 3.97. The largest absolute Gasteiger partial charge is 0.481 e. The molecule has 0 atom stereocenters. The molecular weight excluding hydrogens is 350 g/mol. The molecule has 0 radical (unpaired) electrons. The van der Waals surface area contributed by atoms with Crippen molar-refractivity contribution in [3.8, 4) is 17.3 Å². The number of carbonyl (C=O) groups excluding carboxylic acids is 1. The van der Waals surface area contributed by atoms with Crippen LogP contribution in [0.4, 0.5) is 0 Å². The maximum atomic E-state index is 12.4. The van der Waals surface area contributed by atoms with Gasteiger partial charge in [0.25, 0.3) is 0 Å². The fraction of sp³-hybridized carbons (Fsp3) is 0.222. The average Bonchev–Trinajstić information content (AvgIpc) is 3.01. The van der Waals surface area contributed by atoms with Crippen molar-refractivity contribution in [3.05, 3.63) is 58.5 Å². The number of nitrogens with one attached hydrogen (secondary N) is 2. The Kier molecular flexibility index (Phi) is 5.43. The van der Waals surface area contributed by atoms with Crippen LogP contribution < -0.4 is 10.1 Å². The van der Waals surface area contributed by atoms with Crippen molar-refractivity contribution < 1.29 is 9.53 Å². The molecule has 3 aromatic rings. The average molecular weight is 369 g/mol. The smallest absolute Gasteiger partial charge is 0.240 e. The molecule has 0 aliphatic heterocycles. The molecule has 0 fully saturated rings. The van der Waals surface area contributed by atoms with Gasteiger partial charge >= 0.3 is 0 Å². The summed E-state index contributed by atoms with van der Waals surface area (Å²) in [5.74, 6) is 0.943. The molecule has 8 heteroatoms. The minimum atomic E-state index is -0.179. The monoisotopic (exact) mass is 369 g/mol. The Morgan fingerprint density at radius 1 is 1.31 bits per heavy atom. The topological polar surface area (TPSA) is 84.8 Å². The Balaban J connectivity index is 1.73. The van der Waals surface area contributed by atoms with E-state index in [-0.39, 0.29) is 12.5 Å². The number of hydrogen-bond donors (Lipinski definition) is 2. The van der Waals surface area contributed by atoms with E-state index in [0.29, 0.717) is 23.0 Å². The Hall–Kier alpha value is -3.00. The molecule has 0 bridgehead atoms. The number of ether oxygens (including phenoxy) is 1. The lowest BCUT2D eigenvalue weighted by atomic mass is 10.1. The van der Waals surface area contributed by atoms with Crippen LogP contribution in [0.2, 0.25) is 0 Å². The molecule has 2 heterocycles. The Morgan fingerprint density at radius 2 is 2.08 bits per heavy atom. The third-order valence-electron chi connectivity index (χ3n) is 3.89. The normalized spacial score (nSPS) is 10.5. The van der Waals surface area contributed by atoms with E-state index in [0.717, 1.165) is 16.7 Å². The number of methoxy groups -OCH3 is 1. The number of H-pyrrole nitrogens is 1. The number of aryl methyl sites for hydroxylation is 1. The minimum absolute atomic E-state index is 0.0706. The van der Waals surface area contributed by atoms with Gasteiger partial charge in [-0.15, -0.1) is 0 Å². The number of hydrogen-bond acceptors (Lipinski definition) is 5. The lowest BCUT2D eigenvalue weighted by Gasteiger charge is -2.10. The first kappa shape index (κ1) is 17.8. The Bertz CT molecular complexity index is 962. The van der Waals surface area contributed by atoms with Crippen molar-refractivity contribution in [3.63, 3.8) is 0 Å². The molecule has 2 N–H and O–H groups in total. The molecule has 7 nitrogen and oxygen atoms in total. The van der Waals surface area contributed by atoms with Gasteiger partial charge in [0.1, 0.15) is 6.54 Å². The number of benzene rings is 1. The summed E-state index contributed by atoms with van der Waals surface area (Å²) in [5.41, 5.74) is 2.85.